The van der Waals surface area contributed by atoms with E-state index in [0.717, 1.165) is 33.9 Å². The standard InChI is InChI=1S/C24H24N4O2/c1-3-29-19-13-9-17(10-14-19)25-23-24(28-22-8-6-5-7-21(22)27-23)26-18-11-15-20(16-12-18)30-4-2/h5-16H,3-4H2,1-2H3,(H,25,27)(H,26,28). The lowest BCUT2D eigenvalue weighted by atomic mass is 10.2. The minimum atomic E-state index is 0.638. The summed E-state index contributed by atoms with van der Waals surface area (Å²) in [5.41, 5.74) is 3.45. The molecule has 0 aliphatic rings. The molecule has 2 N–H and O–H groups in total. The van der Waals surface area contributed by atoms with E-state index in [1.165, 1.54) is 0 Å². The summed E-state index contributed by atoms with van der Waals surface area (Å²) in [7, 11) is 0. The molecule has 0 fully saturated rings. The Balaban J connectivity index is 1.64. The Labute approximate surface area is 175 Å². The maximum atomic E-state index is 5.52. The predicted molar refractivity (Wildman–Crippen MR) is 121 cm³/mol. The molecule has 0 amide bonds. The molecule has 0 atom stereocenters. The van der Waals surface area contributed by atoms with Gasteiger partial charge >= 0.3 is 0 Å². The van der Waals surface area contributed by atoms with Crippen LogP contribution in [0.3, 0.4) is 0 Å². The van der Waals surface area contributed by atoms with Crippen LogP contribution in [0, 0.1) is 0 Å². The number of ether oxygens (including phenoxy) is 2. The monoisotopic (exact) mass is 400 g/mol. The van der Waals surface area contributed by atoms with E-state index in [-0.39, 0.29) is 0 Å². The highest BCUT2D eigenvalue weighted by atomic mass is 16.5. The van der Waals surface area contributed by atoms with E-state index < -0.39 is 0 Å². The van der Waals surface area contributed by atoms with Crippen molar-refractivity contribution in [3.63, 3.8) is 0 Å². The highest BCUT2D eigenvalue weighted by molar-refractivity contribution is 5.83. The second kappa shape index (κ2) is 9.13. The second-order valence-corrected chi connectivity index (χ2v) is 6.57. The van der Waals surface area contributed by atoms with Gasteiger partial charge in [0.15, 0.2) is 11.6 Å². The van der Waals surface area contributed by atoms with Crippen molar-refractivity contribution in [2.45, 2.75) is 13.8 Å². The first-order valence-electron chi connectivity index (χ1n) is 10.0. The summed E-state index contributed by atoms with van der Waals surface area (Å²) in [6, 6.07) is 23.4. The van der Waals surface area contributed by atoms with Crippen LogP contribution < -0.4 is 20.1 Å². The number of benzene rings is 3. The lowest BCUT2D eigenvalue weighted by Crippen LogP contribution is -2.03. The minimum absolute atomic E-state index is 0.638. The zero-order valence-corrected chi connectivity index (χ0v) is 17.1. The molecule has 0 spiro atoms. The Kier molecular flexibility index (Phi) is 5.94. The zero-order valence-electron chi connectivity index (χ0n) is 17.1. The fourth-order valence-electron chi connectivity index (χ4n) is 3.05. The molecule has 152 valence electrons. The summed E-state index contributed by atoms with van der Waals surface area (Å²) in [4.78, 5) is 9.56. The van der Waals surface area contributed by atoms with E-state index in [0.29, 0.717) is 24.8 Å². The van der Waals surface area contributed by atoms with Crippen LogP contribution in [0.5, 0.6) is 11.5 Å². The van der Waals surface area contributed by atoms with Crippen LogP contribution in [0.25, 0.3) is 11.0 Å². The van der Waals surface area contributed by atoms with Gasteiger partial charge in [-0.1, -0.05) is 12.1 Å². The number of hydrogen-bond donors (Lipinski definition) is 2. The van der Waals surface area contributed by atoms with Gasteiger partial charge in [-0.25, -0.2) is 9.97 Å². The molecule has 0 radical (unpaired) electrons. The van der Waals surface area contributed by atoms with Gasteiger partial charge in [0, 0.05) is 11.4 Å². The first-order chi connectivity index (χ1) is 14.7. The molecular weight excluding hydrogens is 376 g/mol. The number of fused-ring (bicyclic) bond motifs is 1. The topological polar surface area (TPSA) is 68.3 Å². The van der Waals surface area contributed by atoms with Crippen LogP contribution in [0.1, 0.15) is 13.8 Å². The molecule has 30 heavy (non-hydrogen) atoms. The Bertz CT molecular complexity index is 1020. The molecule has 4 rings (SSSR count). The summed E-state index contributed by atoms with van der Waals surface area (Å²) in [6.45, 7) is 5.21. The fraction of sp³-hybridized carbons (Fsp3) is 0.167. The van der Waals surface area contributed by atoms with Crippen molar-refractivity contribution < 1.29 is 9.47 Å². The zero-order chi connectivity index (χ0) is 20.8. The van der Waals surface area contributed by atoms with Crippen molar-refractivity contribution in [3.05, 3.63) is 72.8 Å². The molecule has 6 nitrogen and oxygen atoms in total. The number of para-hydroxylation sites is 2. The van der Waals surface area contributed by atoms with Crippen molar-refractivity contribution in [1.82, 2.24) is 9.97 Å². The summed E-state index contributed by atoms with van der Waals surface area (Å²) in [5.74, 6) is 2.96. The van der Waals surface area contributed by atoms with Gasteiger partial charge in [0.25, 0.3) is 0 Å². The van der Waals surface area contributed by atoms with Crippen LogP contribution in [-0.2, 0) is 0 Å². The molecule has 0 unspecified atom stereocenters. The van der Waals surface area contributed by atoms with Gasteiger partial charge in [0.05, 0.1) is 24.2 Å². The van der Waals surface area contributed by atoms with E-state index in [9.17, 15) is 0 Å². The van der Waals surface area contributed by atoms with E-state index in [1.54, 1.807) is 0 Å². The Morgan fingerprint density at radius 3 is 1.37 bits per heavy atom. The third-order valence-corrected chi connectivity index (χ3v) is 4.43. The first-order valence-corrected chi connectivity index (χ1v) is 10.0. The molecule has 1 aromatic heterocycles. The molecule has 3 aromatic carbocycles. The molecule has 0 aliphatic heterocycles. The number of rotatable bonds is 8. The third-order valence-electron chi connectivity index (χ3n) is 4.43. The Hall–Kier alpha value is -3.80. The van der Waals surface area contributed by atoms with Gasteiger partial charge < -0.3 is 20.1 Å². The fourth-order valence-corrected chi connectivity index (χ4v) is 3.05. The summed E-state index contributed by atoms with van der Waals surface area (Å²) >= 11 is 0. The number of nitrogens with one attached hydrogen (secondary N) is 2. The van der Waals surface area contributed by atoms with Gasteiger partial charge in [0.1, 0.15) is 11.5 Å². The number of anilines is 4. The van der Waals surface area contributed by atoms with E-state index in [4.69, 9.17) is 19.4 Å². The SMILES string of the molecule is CCOc1ccc(Nc2nc3ccccc3nc2Nc2ccc(OCC)cc2)cc1. The van der Waals surface area contributed by atoms with Crippen molar-refractivity contribution in [1.29, 1.82) is 0 Å². The molecule has 0 bridgehead atoms. The average molecular weight is 400 g/mol. The van der Waals surface area contributed by atoms with E-state index in [1.807, 2.05) is 86.6 Å². The van der Waals surface area contributed by atoms with Gasteiger partial charge in [-0.05, 0) is 74.5 Å². The van der Waals surface area contributed by atoms with Crippen molar-refractivity contribution in [3.8, 4) is 11.5 Å². The molecule has 0 saturated heterocycles. The normalized spacial score (nSPS) is 10.6. The minimum Gasteiger partial charge on any atom is -0.494 e. The van der Waals surface area contributed by atoms with Gasteiger partial charge in [-0.15, -0.1) is 0 Å². The van der Waals surface area contributed by atoms with Crippen molar-refractivity contribution >= 4 is 34.0 Å². The van der Waals surface area contributed by atoms with Crippen molar-refractivity contribution in [2.24, 2.45) is 0 Å². The van der Waals surface area contributed by atoms with Gasteiger partial charge in [-0.3, -0.25) is 0 Å². The number of nitrogens with zero attached hydrogens (tertiary/aromatic N) is 2. The van der Waals surface area contributed by atoms with Crippen LogP contribution in [0.4, 0.5) is 23.0 Å². The van der Waals surface area contributed by atoms with Gasteiger partial charge in [-0.2, -0.15) is 0 Å². The molecule has 4 aromatic rings. The first kappa shape index (κ1) is 19.5. The third kappa shape index (κ3) is 4.60. The average Bonchev–Trinajstić information content (AvgIpc) is 2.77. The van der Waals surface area contributed by atoms with Crippen LogP contribution in [-0.4, -0.2) is 23.2 Å². The Morgan fingerprint density at radius 2 is 1.00 bits per heavy atom. The van der Waals surface area contributed by atoms with E-state index >= 15 is 0 Å². The lowest BCUT2D eigenvalue weighted by Gasteiger charge is -2.14. The van der Waals surface area contributed by atoms with E-state index in [2.05, 4.69) is 10.6 Å². The predicted octanol–water partition coefficient (Wildman–Crippen LogP) is 5.91. The molecule has 6 heteroatoms. The molecular formula is C24H24N4O2. The van der Waals surface area contributed by atoms with Crippen LogP contribution in [0.15, 0.2) is 72.8 Å². The molecule has 1 heterocycles. The highest BCUT2D eigenvalue weighted by Gasteiger charge is 2.10. The van der Waals surface area contributed by atoms with Crippen LogP contribution >= 0.6 is 0 Å². The smallest absolute Gasteiger partial charge is 0.174 e. The molecule has 0 aliphatic carbocycles. The quantitative estimate of drug-likeness (QED) is 0.383. The lowest BCUT2D eigenvalue weighted by molar-refractivity contribution is 0.340. The summed E-state index contributed by atoms with van der Waals surface area (Å²) < 4.78 is 11.0. The second-order valence-electron chi connectivity index (χ2n) is 6.57. The van der Waals surface area contributed by atoms with Crippen molar-refractivity contribution in [2.75, 3.05) is 23.8 Å². The maximum absolute atomic E-state index is 5.52. The molecule has 0 saturated carbocycles. The number of hydrogen-bond acceptors (Lipinski definition) is 6. The summed E-state index contributed by atoms with van der Waals surface area (Å²) in [6.07, 6.45) is 0. The highest BCUT2D eigenvalue weighted by Crippen LogP contribution is 2.29. The van der Waals surface area contributed by atoms with Crippen LogP contribution in [0.2, 0.25) is 0 Å². The Morgan fingerprint density at radius 1 is 0.600 bits per heavy atom. The van der Waals surface area contributed by atoms with Gasteiger partial charge in [0.2, 0.25) is 0 Å². The summed E-state index contributed by atoms with van der Waals surface area (Å²) in [5, 5.41) is 6.74. The maximum Gasteiger partial charge on any atom is 0.174 e. The number of aromatic nitrogens is 2. The largest absolute Gasteiger partial charge is 0.494 e.